The van der Waals surface area contributed by atoms with Crippen LogP contribution in [0.3, 0.4) is 0 Å². The van der Waals surface area contributed by atoms with Gasteiger partial charge < -0.3 is 5.32 Å². The van der Waals surface area contributed by atoms with Crippen LogP contribution in [0.15, 0.2) is 24.4 Å². The van der Waals surface area contributed by atoms with Gasteiger partial charge in [0.15, 0.2) is 0 Å². The SMILES string of the molecule is Cn1ncc2c(NC=O)cccc21. The van der Waals surface area contributed by atoms with Gasteiger partial charge in [0.1, 0.15) is 0 Å². The topological polar surface area (TPSA) is 46.9 Å². The molecule has 1 N–H and O–H groups in total. The fourth-order valence-corrected chi connectivity index (χ4v) is 1.37. The number of anilines is 1. The summed E-state index contributed by atoms with van der Waals surface area (Å²) in [5.41, 5.74) is 1.80. The lowest BCUT2D eigenvalue weighted by Crippen LogP contribution is -1.94. The molecule has 1 aromatic carbocycles. The summed E-state index contributed by atoms with van der Waals surface area (Å²) in [4.78, 5) is 10.3. The van der Waals surface area contributed by atoms with E-state index in [0.717, 1.165) is 16.6 Å². The molecule has 1 heterocycles. The molecule has 0 fully saturated rings. The quantitative estimate of drug-likeness (QED) is 0.696. The number of carbonyl (C=O) groups excluding carboxylic acids is 1. The van der Waals surface area contributed by atoms with Crippen LogP contribution in [0.25, 0.3) is 10.9 Å². The van der Waals surface area contributed by atoms with Gasteiger partial charge >= 0.3 is 0 Å². The highest BCUT2D eigenvalue weighted by molar-refractivity contribution is 5.95. The number of nitrogens with one attached hydrogen (secondary N) is 1. The number of aromatic nitrogens is 2. The number of nitrogens with zero attached hydrogens (tertiary/aromatic N) is 2. The van der Waals surface area contributed by atoms with Gasteiger partial charge in [-0.1, -0.05) is 6.07 Å². The van der Waals surface area contributed by atoms with E-state index >= 15 is 0 Å². The molecule has 4 nitrogen and oxygen atoms in total. The Labute approximate surface area is 75.2 Å². The monoisotopic (exact) mass is 175 g/mol. The van der Waals surface area contributed by atoms with Crippen molar-refractivity contribution in [1.82, 2.24) is 9.78 Å². The van der Waals surface area contributed by atoms with Crippen molar-refractivity contribution >= 4 is 23.0 Å². The van der Waals surface area contributed by atoms with Crippen molar-refractivity contribution in [3.63, 3.8) is 0 Å². The van der Waals surface area contributed by atoms with E-state index < -0.39 is 0 Å². The molecule has 0 bridgehead atoms. The van der Waals surface area contributed by atoms with Gasteiger partial charge in [0, 0.05) is 12.4 Å². The normalized spacial score (nSPS) is 10.2. The zero-order chi connectivity index (χ0) is 9.26. The maximum Gasteiger partial charge on any atom is 0.211 e. The third-order valence-corrected chi connectivity index (χ3v) is 2.01. The summed E-state index contributed by atoms with van der Waals surface area (Å²) in [5.74, 6) is 0. The Morgan fingerprint density at radius 2 is 2.38 bits per heavy atom. The number of amides is 1. The van der Waals surface area contributed by atoms with E-state index in [1.807, 2.05) is 25.2 Å². The zero-order valence-corrected chi connectivity index (χ0v) is 7.19. The smallest absolute Gasteiger partial charge is 0.211 e. The molecule has 2 rings (SSSR count). The Kier molecular flexibility index (Phi) is 1.73. The standard InChI is InChI=1S/C9H9N3O/c1-12-9-4-2-3-8(10-6-13)7(9)5-11-12/h2-6H,1H3,(H,10,13). The van der Waals surface area contributed by atoms with Crippen molar-refractivity contribution in [1.29, 1.82) is 0 Å². The first-order chi connectivity index (χ1) is 6.33. The highest BCUT2D eigenvalue weighted by atomic mass is 16.1. The van der Waals surface area contributed by atoms with Crippen molar-refractivity contribution in [2.24, 2.45) is 7.05 Å². The predicted octanol–water partition coefficient (Wildman–Crippen LogP) is 1.14. The first kappa shape index (κ1) is 7.79. The Hall–Kier alpha value is -1.84. The minimum Gasteiger partial charge on any atom is -0.328 e. The molecular formula is C9H9N3O. The molecule has 4 heteroatoms. The molecule has 13 heavy (non-hydrogen) atoms. The van der Waals surface area contributed by atoms with Crippen LogP contribution in [0.4, 0.5) is 5.69 Å². The lowest BCUT2D eigenvalue weighted by molar-refractivity contribution is -0.105. The van der Waals surface area contributed by atoms with E-state index in [2.05, 4.69) is 10.4 Å². The van der Waals surface area contributed by atoms with Crippen LogP contribution in [0, 0.1) is 0 Å². The van der Waals surface area contributed by atoms with Crippen LogP contribution in [0.2, 0.25) is 0 Å². The fourth-order valence-electron chi connectivity index (χ4n) is 1.37. The lowest BCUT2D eigenvalue weighted by atomic mass is 10.2. The molecule has 1 amide bonds. The molecule has 0 atom stereocenters. The van der Waals surface area contributed by atoms with Gasteiger partial charge in [0.05, 0.1) is 17.4 Å². The maximum atomic E-state index is 10.3. The Bertz CT molecular complexity index is 447. The fraction of sp³-hybridized carbons (Fsp3) is 0.111. The molecule has 1 aromatic heterocycles. The maximum absolute atomic E-state index is 10.3. The molecule has 2 aromatic rings. The van der Waals surface area contributed by atoms with E-state index in [-0.39, 0.29) is 0 Å². The van der Waals surface area contributed by atoms with Crippen LogP contribution in [-0.4, -0.2) is 16.2 Å². The van der Waals surface area contributed by atoms with E-state index in [0.29, 0.717) is 6.41 Å². The first-order valence-corrected chi connectivity index (χ1v) is 3.94. The molecule has 0 spiro atoms. The second-order valence-corrected chi connectivity index (χ2v) is 2.77. The third kappa shape index (κ3) is 1.16. The minimum absolute atomic E-state index is 0.668. The predicted molar refractivity (Wildman–Crippen MR) is 50.4 cm³/mol. The molecule has 0 radical (unpaired) electrons. The number of aryl methyl sites for hydroxylation is 1. The van der Waals surface area contributed by atoms with Gasteiger partial charge in [-0.2, -0.15) is 5.10 Å². The van der Waals surface area contributed by atoms with Crippen molar-refractivity contribution in [2.75, 3.05) is 5.32 Å². The van der Waals surface area contributed by atoms with Crippen LogP contribution < -0.4 is 5.32 Å². The Balaban J connectivity index is 2.69. The second-order valence-electron chi connectivity index (χ2n) is 2.77. The average Bonchev–Trinajstić information content (AvgIpc) is 2.50. The van der Waals surface area contributed by atoms with Crippen LogP contribution >= 0.6 is 0 Å². The molecule has 0 aliphatic carbocycles. The number of rotatable bonds is 2. The van der Waals surface area contributed by atoms with Crippen molar-refractivity contribution in [2.45, 2.75) is 0 Å². The van der Waals surface area contributed by atoms with Crippen LogP contribution in [0.5, 0.6) is 0 Å². The van der Waals surface area contributed by atoms with Crippen LogP contribution in [0.1, 0.15) is 0 Å². The van der Waals surface area contributed by atoms with Crippen molar-refractivity contribution in [3.05, 3.63) is 24.4 Å². The van der Waals surface area contributed by atoms with E-state index in [4.69, 9.17) is 0 Å². The zero-order valence-electron chi connectivity index (χ0n) is 7.19. The summed E-state index contributed by atoms with van der Waals surface area (Å²) in [6.07, 6.45) is 2.41. The van der Waals surface area contributed by atoms with E-state index in [1.54, 1.807) is 10.9 Å². The highest BCUT2D eigenvalue weighted by Crippen LogP contribution is 2.21. The van der Waals surface area contributed by atoms with Crippen LogP contribution in [-0.2, 0) is 11.8 Å². The number of benzene rings is 1. The minimum atomic E-state index is 0.668. The largest absolute Gasteiger partial charge is 0.328 e. The summed E-state index contributed by atoms with van der Waals surface area (Å²) < 4.78 is 1.77. The van der Waals surface area contributed by atoms with Crippen molar-refractivity contribution in [3.8, 4) is 0 Å². The number of hydrogen-bond donors (Lipinski definition) is 1. The van der Waals surface area contributed by atoms with Gasteiger partial charge in [0.25, 0.3) is 0 Å². The van der Waals surface area contributed by atoms with E-state index in [9.17, 15) is 4.79 Å². The first-order valence-electron chi connectivity index (χ1n) is 3.94. The average molecular weight is 175 g/mol. The lowest BCUT2D eigenvalue weighted by Gasteiger charge is -1.99. The molecule has 0 unspecified atom stereocenters. The Morgan fingerprint density at radius 3 is 3.15 bits per heavy atom. The summed E-state index contributed by atoms with van der Waals surface area (Å²) in [6.45, 7) is 0. The molecule has 0 aliphatic heterocycles. The van der Waals surface area contributed by atoms with Gasteiger partial charge in [-0.15, -0.1) is 0 Å². The number of carbonyl (C=O) groups is 1. The van der Waals surface area contributed by atoms with Gasteiger partial charge in [-0.3, -0.25) is 9.48 Å². The molecule has 0 aliphatic rings. The molecule has 0 saturated heterocycles. The van der Waals surface area contributed by atoms with Crippen molar-refractivity contribution < 1.29 is 4.79 Å². The summed E-state index contributed by atoms with van der Waals surface area (Å²) in [5, 5.41) is 7.68. The van der Waals surface area contributed by atoms with Gasteiger partial charge in [-0.25, -0.2) is 0 Å². The Morgan fingerprint density at radius 1 is 1.54 bits per heavy atom. The summed E-state index contributed by atoms with van der Waals surface area (Å²) in [7, 11) is 1.87. The summed E-state index contributed by atoms with van der Waals surface area (Å²) in [6, 6.07) is 5.69. The molecule has 66 valence electrons. The molecular weight excluding hydrogens is 166 g/mol. The van der Waals surface area contributed by atoms with Gasteiger partial charge in [0.2, 0.25) is 6.41 Å². The second kappa shape index (κ2) is 2.90. The third-order valence-electron chi connectivity index (χ3n) is 2.01. The summed E-state index contributed by atoms with van der Waals surface area (Å²) >= 11 is 0. The molecule has 0 saturated carbocycles. The van der Waals surface area contributed by atoms with Gasteiger partial charge in [-0.05, 0) is 12.1 Å². The van der Waals surface area contributed by atoms with E-state index in [1.165, 1.54) is 0 Å². The highest BCUT2D eigenvalue weighted by Gasteiger charge is 2.02. The number of fused-ring (bicyclic) bond motifs is 1. The number of hydrogen-bond acceptors (Lipinski definition) is 2.